The molecule has 2 heterocycles. The number of ether oxygens (including phenoxy) is 3. The lowest BCUT2D eigenvalue weighted by molar-refractivity contribution is -0.0929. The molecule has 3 aromatic carbocycles. The molecule has 0 saturated carbocycles. The van der Waals surface area contributed by atoms with E-state index in [0.717, 1.165) is 16.7 Å². The molecule has 0 amide bonds. The van der Waals surface area contributed by atoms with Crippen LogP contribution in [0.4, 0.5) is 0 Å². The predicted octanol–water partition coefficient (Wildman–Crippen LogP) is 3.55. The molecule has 2 N–H and O–H groups in total. The highest BCUT2D eigenvalue weighted by Crippen LogP contribution is 2.41. The van der Waals surface area contributed by atoms with Gasteiger partial charge in [-0.2, -0.15) is 0 Å². The summed E-state index contributed by atoms with van der Waals surface area (Å²) < 4.78 is 19.3. The Hall–Kier alpha value is -2.58. The minimum Gasteiger partial charge on any atom is -0.395 e. The maximum Gasteiger partial charge on any atom is 0.103 e. The summed E-state index contributed by atoms with van der Waals surface area (Å²) in [5.74, 6) is 0. The number of benzene rings is 3. The van der Waals surface area contributed by atoms with Gasteiger partial charge in [0.05, 0.1) is 51.2 Å². The van der Waals surface area contributed by atoms with Crippen LogP contribution in [-0.4, -0.2) is 64.8 Å². The van der Waals surface area contributed by atoms with Crippen molar-refractivity contribution in [1.82, 2.24) is 4.90 Å². The van der Waals surface area contributed by atoms with Crippen LogP contribution in [0.2, 0.25) is 0 Å². The molecule has 36 heavy (non-hydrogen) atoms. The molecule has 2 aliphatic rings. The van der Waals surface area contributed by atoms with Crippen molar-refractivity contribution in [3.05, 3.63) is 108 Å². The van der Waals surface area contributed by atoms with E-state index >= 15 is 0 Å². The quantitative estimate of drug-likeness (QED) is 0.429. The molecule has 6 atom stereocenters. The molecule has 2 aliphatic heterocycles. The van der Waals surface area contributed by atoms with E-state index in [9.17, 15) is 10.2 Å². The van der Waals surface area contributed by atoms with E-state index < -0.39 is 6.10 Å². The molecule has 2 saturated heterocycles. The van der Waals surface area contributed by atoms with Gasteiger partial charge in [-0.15, -0.1) is 0 Å². The third kappa shape index (κ3) is 5.70. The van der Waals surface area contributed by atoms with Gasteiger partial charge >= 0.3 is 0 Å². The zero-order chi connectivity index (χ0) is 24.7. The molecule has 190 valence electrons. The largest absolute Gasteiger partial charge is 0.395 e. The van der Waals surface area contributed by atoms with E-state index in [2.05, 4.69) is 17.0 Å². The van der Waals surface area contributed by atoms with Crippen molar-refractivity contribution in [1.29, 1.82) is 0 Å². The van der Waals surface area contributed by atoms with Crippen molar-refractivity contribution in [3.8, 4) is 0 Å². The van der Waals surface area contributed by atoms with Crippen LogP contribution in [0, 0.1) is 0 Å². The van der Waals surface area contributed by atoms with Gasteiger partial charge < -0.3 is 24.4 Å². The molecule has 0 aromatic heterocycles. The van der Waals surface area contributed by atoms with Crippen molar-refractivity contribution >= 4 is 0 Å². The summed E-state index contributed by atoms with van der Waals surface area (Å²) in [6.07, 6.45) is -0.610. The third-order valence-electron chi connectivity index (χ3n) is 7.32. The molecule has 2 fully saturated rings. The number of fused-ring (bicyclic) bond motifs is 1. The Morgan fingerprint density at radius 3 is 1.69 bits per heavy atom. The Kier molecular flexibility index (Phi) is 8.43. The van der Waals surface area contributed by atoms with Gasteiger partial charge in [0.1, 0.15) is 12.2 Å². The van der Waals surface area contributed by atoms with E-state index in [4.69, 9.17) is 14.2 Å². The van der Waals surface area contributed by atoms with Gasteiger partial charge in [-0.25, -0.2) is 0 Å². The van der Waals surface area contributed by atoms with E-state index in [-0.39, 0.29) is 36.9 Å². The second-order valence-electron chi connectivity index (χ2n) is 9.66. The maximum absolute atomic E-state index is 10.8. The number of rotatable bonds is 11. The summed E-state index contributed by atoms with van der Waals surface area (Å²) >= 11 is 0. The zero-order valence-corrected chi connectivity index (χ0v) is 20.4. The van der Waals surface area contributed by atoms with E-state index in [0.29, 0.717) is 32.8 Å². The molecule has 0 aliphatic carbocycles. The second kappa shape index (κ2) is 12.1. The third-order valence-corrected chi connectivity index (χ3v) is 7.32. The predicted molar refractivity (Wildman–Crippen MR) is 137 cm³/mol. The molecule has 6 nitrogen and oxygen atoms in total. The molecule has 3 aromatic rings. The van der Waals surface area contributed by atoms with Crippen molar-refractivity contribution in [2.45, 2.75) is 62.7 Å². The smallest absolute Gasteiger partial charge is 0.103 e. The Morgan fingerprint density at radius 2 is 1.17 bits per heavy atom. The highest BCUT2D eigenvalue weighted by molar-refractivity contribution is 5.17. The fourth-order valence-corrected chi connectivity index (χ4v) is 5.59. The topological polar surface area (TPSA) is 71.4 Å². The van der Waals surface area contributed by atoms with Crippen LogP contribution >= 0.6 is 0 Å². The van der Waals surface area contributed by atoms with E-state index in [1.165, 1.54) is 0 Å². The SMILES string of the molecule is OC[C@@H]1[C@H](O)C[C@@H]2[C@@H](OCc3ccccc3)[C@H](OCc3ccccc3)[C@@H](COCc3ccccc3)N21. The monoisotopic (exact) mass is 489 g/mol. The van der Waals surface area contributed by atoms with Crippen LogP contribution in [-0.2, 0) is 34.0 Å². The van der Waals surface area contributed by atoms with E-state index in [1.54, 1.807) is 0 Å². The lowest BCUT2D eigenvalue weighted by atomic mass is 10.0. The summed E-state index contributed by atoms with van der Waals surface area (Å²) in [7, 11) is 0. The summed E-state index contributed by atoms with van der Waals surface area (Å²) in [6.45, 7) is 1.70. The minimum absolute atomic E-state index is 0.0630. The molecule has 5 rings (SSSR count). The van der Waals surface area contributed by atoms with Crippen molar-refractivity contribution in [2.75, 3.05) is 13.2 Å². The maximum atomic E-state index is 10.8. The zero-order valence-electron chi connectivity index (χ0n) is 20.4. The average Bonchev–Trinajstić information content (AvgIpc) is 3.39. The lowest BCUT2D eigenvalue weighted by Gasteiger charge is -2.32. The normalized spacial score (nSPS) is 27.8. The standard InChI is InChI=1S/C30H35NO5/c32-17-26-28(33)16-25-29(35-19-23-12-6-2-7-13-23)30(36-20-24-14-8-3-9-15-24)27(31(25)26)21-34-18-22-10-4-1-5-11-22/h1-15,25-30,32-33H,16-21H2/t25-,26-,27-,28-,29-,30-/m1/s1. The number of aliphatic hydroxyl groups is 2. The molecule has 0 spiro atoms. The van der Waals surface area contributed by atoms with E-state index in [1.807, 2.05) is 78.9 Å². The lowest BCUT2D eigenvalue weighted by Crippen LogP contribution is -2.49. The van der Waals surface area contributed by atoms with Crippen LogP contribution in [0.25, 0.3) is 0 Å². The van der Waals surface area contributed by atoms with Crippen molar-refractivity contribution < 1.29 is 24.4 Å². The summed E-state index contributed by atoms with van der Waals surface area (Å²) in [5.41, 5.74) is 3.28. The van der Waals surface area contributed by atoms with Gasteiger partial charge in [-0.05, 0) is 23.1 Å². The van der Waals surface area contributed by atoms with Gasteiger partial charge in [-0.3, -0.25) is 4.90 Å². The number of hydrogen-bond donors (Lipinski definition) is 2. The van der Waals surface area contributed by atoms with Crippen LogP contribution in [0.5, 0.6) is 0 Å². The summed E-state index contributed by atoms with van der Waals surface area (Å²) in [4.78, 5) is 2.20. The Morgan fingerprint density at radius 1 is 0.667 bits per heavy atom. The molecule has 6 heteroatoms. The van der Waals surface area contributed by atoms with Crippen LogP contribution < -0.4 is 0 Å². The molecule has 0 unspecified atom stereocenters. The first kappa shape index (κ1) is 25.1. The fraction of sp³-hybridized carbons (Fsp3) is 0.400. The number of hydrogen-bond acceptors (Lipinski definition) is 6. The Balaban J connectivity index is 1.37. The first-order valence-electron chi connectivity index (χ1n) is 12.7. The summed E-state index contributed by atoms with van der Waals surface area (Å²) in [5, 5.41) is 20.9. The van der Waals surface area contributed by atoms with Gasteiger partial charge in [0.2, 0.25) is 0 Å². The van der Waals surface area contributed by atoms with Crippen LogP contribution in [0.1, 0.15) is 23.1 Å². The molecular weight excluding hydrogens is 454 g/mol. The first-order valence-corrected chi connectivity index (χ1v) is 12.7. The Labute approximate surface area is 213 Å². The molecular formula is C30H35NO5. The minimum atomic E-state index is -0.616. The molecule has 0 bridgehead atoms. The average molecular weight is 490 g/mol. The second-order valence-corrected chi connectivity index (χ2v) is 9.66. The van der Waals surface area contributed by atoms with Gasteiger partial charge in [0.15, 0.2) is 0 Å². The highest BCUT2D eigenvalue weighted by atomic mass is 16.5. The van der Waals surface area contributed by atoms with Crippen molar-refractivity contribution in [2.24, 2.45) is 0 Å². The number of aliphatic hydroxyl groups excluding tert-OH is 2. The Bertz CT molecular complexity index is 1050. The number of nitrogens with zero attached hydrogens (tertiary/aromatic N) is 1. The highest BCUT2D eigenvalue weighted by Gasteiger charge is 2.58. The summed E-state index contributed by atoms with van der Waals surface area (Å²) in [6, 6.07) is 29.7. The van der Waals surface area contributed by atoms with Gasteiger partial charge in [-0.1, -0.05) is 91.0 Å². The van der Waals surface area contributed by atoms with Gasteiger partial charge in [0.25, 0.3) is 0 Å². The van der Waals surface area contributed by atoms with Crippen molar-refractivity contribution in [3.63, 3.8) is 0 Å². The first-order chi connectivity index (χ1) is 17.7. The molecule has 0 radical (unpaired) electrons. The fourth-order valence-electron chi connectivity index (χ4n) is 5.59. The van der Waals surface area contributed by atoms with Crippen LogP contribution in [0.15, 0.2) is 91.0 Å². The van der Waals surface area contributed by atoms with Gasteiger partial charge in [0, 0.05) is 6.04 Å². The van der Waals surface area contributed by atoms with Crippen LogP contribution in [0.3, 0.4) is 0 Å².